The Kier molecular flexibility index (Phi) is 2.93. The fraction of sp³-hybridized carbons (Fsp3) is 0.417. The number of hydrogen-bond acceptors (Lipinski definition) is 2. The number of cyclic esters (lactones) is 1. The summed E-state index contributed by atoms with van der Waals surface area (Å²) in [6.07, 6.45) is 0.544. The average Bonchev–Trinajstić information content (AvgIpc) is 2.26. The highest BCUT2D eigenvalue weighted by Crippen LogP contribution is 2.37. The lowest BCUT2D eigenvalue weighted by Crippen LogP contribution is -2.50. The van der Waals surface area contributed by atoms with Crippen molar-refractivity contribution < 1.29 is 9.53 Å². The maximum absolute atomic E-state index is 11.6. The van der Waals surface area contributed by atoms with Crippen molar-refractivity contribution in [1.29, 1.82) is 0 Å². The molecule has 1 saturated heterocycles. The molecule has 86 valence electrons. The first kappa shape index (κ1) is 11.5. The van der Waals surface area contributed by atoms with Crippen LogP contribution in [0, 0.1) is 0 Å². The second-order valence-corrected chi connectivity index (χ2v) is 5.03. The molecule has 16 heavy (non-hydrogen) atoms. The van der Waals surface area contributed by atoms with Gasteiger partial charge < -0.3 is 9.64 Å². The third-order valence-corrected chi connectivity index (χ3v) is 3.97. The molecule has 0 aromatic heterocycles. The minimum absolute atomic E-state index is 0.260. The SMILES string of the molecule is CN1C(=O)OCCC1(C)c1ccccc1Br. The molecule has 1 aromatic carbocycles. The van der Waals surface area contributed by atoms with Gasteiger partial charge in [-0.3, -0.25) is 0 Å². The quantitative estimate of drug-likeness (QED) is 0.793. The molecule has 0 spiro atoms. The van der Waals surface area contributed by atoms with Gasteiger partial charge in [-0.15, -0.1) is 0 Å². The van der Waals surface area contributed by atoms with Crippen LogP contribution >= 0.6 is 15.9 Å². The van der Waals surface area contributed by atoms with Gasteiger partial charge >= 0.3 is 6.09 Å². The summed E-state index contributed by atoms with van der Waals surface area (Å²) >= 11 is 3.54. The summed E-state index contributed by atoms with van der Waals surface area (Å²) in [4.78, 5) is 13.2. The van der Waals surface area contributed by atoms with Crippen LogP contribution in [0.4, 0.5) is 4.79 Å². The van der Waals surface area contributed by atoms with E-state index >= 15 is 0 Å². The summed E-state index contributed by atoms with van der Waals surface area (Å²) in [6.45, 7) is 2.54. The summed E-state index contributed by atoms with van der Waals surface area (Å²) in [6, 6.07) is 7.99. The van der Waals surface area contributed by atoms with Crippen molar-refractivity contribution in [3.63, 3.8) is 0 Å². The summed E-state index contributed by atoms with van der Waals surface area (Å²) < 4.78 is 6.05. The van der Waals surface area contributed by atoms with Crippen molar-refractivity contribution >= 4 is 22.0 Å². The molecular formula is C12H14BrNO2. The van der Waals surface area contributed by atoms with E-state index in [0.29, 0.717) is 6.61 Å². The minimum atomic E-state index is -0.296. The van der Waals surface area contributed by atoms with E-state index in [1.807, 2.05) is 24.3 Å². The Morgan fingerprint density at radius 3 is 2.81 bits per heavy atom. The van der Waals surface area contributed by atoms with E-state index in [4.69, 9.17) is 4.74 Å². The van der Waals surface area contributed by atoms with E-state index in [9.17, 15) is 4.79 Å². The Morgan fingerprint density at radius 2 is 2.12 bits per heavy atom. The van der Waals surface area contributed by atoms with E-state index in [2.05, 4.69) is 22.9 Å². The number of benzene rings is 1. The molecule has 0 saturated carbocycles. The maximum Gasteiger partial charge on any atom is 0.410 e. The predicted octanol–water partition coefficient (Wildman–Crippen LogP) is 3.14. The average molecular weight is 284 g/mol. The Bertz CT molecular complexity index is 421. The lowest BCUT2D eigenvalue weighted by molar-refractivity contribution is 0.0144. The number of amides is 1. The van der Waals surface area contributed by atoms with Gasteiger partial charge in [-0.1, -0.05) is 34.1 Å². The second-order valence-electron chi connectivity index (χ2n) is 4.18. The Labute approximate surface area is 104 Å². The Morgan fingerprint density at radius 1 is 1.44 bits per heavy atom. The van der Waals surface area contributed by atoms with E-state index in [0.717, 1.165) is 16.5 Å². The van der Waals surface area contributed by atoms with E-state index in [-0.39, 0.29) is 11.6 Å². The summed E-state index contributed by atoms with van der Waals surface area (Å²) in [5.41, 5.74) is 0.823. The van der Waals surface area contributed by atoms with E-state index < -0.39 is 0 Å². The highest BCUT2D eigenvalue weighted by Gasteiger charge is 2.39. The van der Waals surface area contributed by atoms with Crippen LogP contribution < -0.4 is 0 Å². The molecule has 1 aliphatic heterocycles. The molecule has 1 heterocycles. The van der Waals surface area contributed by atoms with Crippen molar-refractivity contribution in [3.8, 4) is 0 Å². The highest BCUT2D eigenvalue weighted by molar-refractivity contribution is 9.10. The molecule has 1 aromatic rings. The zero-order chi connectivity index (χ0) is 11.8. The third kappa shape index (κ3) is 1.71. The number of carbonyl (C=O) groups is 1. The molecule has 2 rings (SSSR count). The molecule has 1 aliphatic rings. The number of nitrogens with zero attached hydrogens (tertiary/aromatic N) is 1. The van der Waals surface area contributed by atoms with Gasteiger partial charge in [0.25, 0.3) is 0 Å². The summed E-state index contributed by atoms with van der Waals surface area (Å²) in [5, 5.41) is 0. The minimum Gasteiger partial charge on any atom is -0.449 e. The van der Waals surface area contributed by atoms with Crippen molar-refractivity contribution in [2.75, 3.05) is 13.7 Å². The molecule has 1 amide bonds. The Balaban J connectivity index is 2.45. The standard InChI is InChI=1S/C12H14BrNO2/c1-12(7-8-16-11(15)14(12)2)9-5-3-4-6-10(9)13/h3-6H,7-8H2,1-2H3. The van der Waals surface area contributed by atoms with Crippen LogP contribution in [0.2, 0.25) is 0 Å². The second kappa shape index (κ2) is 4.09. The van der Waals surface area contributed by atoms with Crippen molar-refractivity contribution in [2.24, 2.45) is 0 Å². The normalized spacial score (nSPS) is 25.4. The maximum atomic E-state index is 11.6. The number of carbonyl (C=O) groups excluding carboxylic acids is 1. The molecule has 0 aliphatic carbocycles. The van der Waals surface area contributed by atoms with Gasteiger partial charge in [0.2, 0.25) is 0 Å². The first-order chi connectivity index (χ1) is 7.55. The Hall–Kier alpha value is -1.03. The molecule has 1 unspecified atom stereocenters. The van der Waals surface area contributed by atoms with Gasteiger partial charge in [-0.05, 0) is 18.6 Å². The van der Waals surface area contributed by atoms with Crippen molar-refractivity contribution in [2.45, 2.75) is 18.9 Å². The number of rotatable bonds is 1. The molecule has 0 bridgehead atoms. The molecule has 3 nitrogen and oxygen atoms in total. The largest absolute Gasteiger partial charge is 0.449 e. The molecular weight excluding hydrogens is 270 g/mol. The van der Waals surface area contributed by atoms with Gasteiger partial charge in [0.1, 0.15) is 0 Å². The third-order valence-electron chi connectivity index (χ3n) is 3.28. The van der Waals surface area contributed by atoms with Crippen LogP contribution in [0.3, 0.4) is 0 Å². The van der Waals surface area contributed by atoms with Gasteiger partial charge in [0.15, 0.2) is 0 Å². The fourth-order valence-electron chi connectivity index (χ4n) is 2.02. The lowest BCUT2D eigenvalue weighted by atomic mass is 9.87. The van der Waals surface area contributed by atoms with Crippen LogP contribution in [0.1, 0.15) is 18.9 Å². The van der Waals surface area contributed by atoms with E-state index in [1.54, 1.807) is 11.9 Å². The van der Waals surface area contributed by atoms with Gasteiger partial charge in [-0.25, -0.2) is 4.79 Å². The molecule has 1 atom stereocenters. The first-order valence-corrected chi connectivity index (χ1v) is 6.00. The van der Waals surface area contributed by atoms with Crippen LogP contribution in [-0.4, -0.2) is 24.6 Å². The first-order valence-electron chi connectivity index (χ1n) is 5.21. The zero-order valence-corrected chi connectivity index (χ0v) is 11.0. The lowest BCUT2D eigenvalue weighted by Gasteiger charge is -2.42. The molecule has 0 radical (unpaired) electrons. The molecule has 1 fully saturated rings. The number of halogens is 1. The summed E-state index contributed by atoms with van der Waals surface area (Å²) in [7, 11) is 1.78. The fourth-order valence-corrected chi connectivity index (χ4v) is 2.73. The monoisotopic (exact) mass is 283 g/mol. The van der Waals surface area contributed by atoms with Crippen LogP contribution in [-0.2, 0) is 10.3 Å². The smallest absolute Gasteiger partial charge is 0.410 e. The summed E-state index contributed by atoms with van der Waals surface area (Å²) in [5.74, 6) is 0. The number of hydrogen-bond donors (Lipinski definition) is 0. The number of ether oxygens (including phenoxy) is 1. The van der Waals surface area contributed by atoms with Crippen LogP contribution in [0.5, 0.6) is 0 Å². The van der Waals surface area contributed by atoms with Crippen LogP contribution in [0.25, 0.3) is 0 Å². The zero-order valence-electron chi connectivity index (χ0n) is 9.37. The van der Waals surface area contributed by atoms with Gasteiger partial charge in [-0.2, -0.15) is 0 Å². The van der Waals surface area contributed by atoms with Crippen LogP contribution in [0.15, 0.2) is 28.7 Å². The topological polar surface area (TPSA) is 29.5 Å². The molecule has 0 N–H and O–H groups in total. The van der Waals surface area contributed by atoms with Gasteiger partial charge in [0.05, 0.1) is 12.1 Å². The van der Waals surface area contributed by atoms with Crippen molar-refractivity contribution in [3.05, 3.63) is 34.3 Å². The molecule has 4 heteroatoms. The highest BCUT2D eigenvalue weighted by atomic mass is 79.9. The van der Waals surface area contributed by atoms with E-state index in [1.165, 1.54) is 0 Å². The van der Waals surface area contributed by atoms with Crippen molar-refractivity contribution in [1.82, 2.24) is 4.90 Å². The predicted molar refractivity (Wildman–Crippen MR) is 65.2 cm³/mol. The van der Waals surface area contributed by atoms with Gasteiger partial charge in [0, 0.05) is 17.9 Å².